The number of methoxy groups -OCH3 is 1. The maximum absolute atomic E-state index is 12.6. The third-order valence-electron chi connectivity index (χ3n) is 4.11. The second-order valence-electron chi connectivity index (χ2n) is 5.46. The number of hydrogen-bond donors (Lipinski definition) is 2. The molecule has 0 spiro atoms. The van der Waals surface area contributed by atoms with E-state index in [-0.39, 0.29) is 5.91 Å². The number of aryl methyl sites for hydroxylation is 1. The van der Waals surface area contributed by atoms with E-state index in [0.29, 0.717) is 11.6 Å². The van der Waals surface area contributed by atoms with Crippen LogP contribution in [-0.2, 0) is 0 Å². The molecule has 1 heterocycles. The first-order valence-electron chi connectivity index (χ1n) is 7.17. The lowest BCUT2D eigenvalue weighted by atomic mass is 10.1. The van der Waals surface area contributed by atoms with Crippen LogP contribution in [0.2, 0.25) is 0 Å². The highest BCUT2D eigenvalue weighted by molar-refractivity contribution is 6.10. The molecular formula is C16H20N2O2. The Morgan fingerprint density at radius 2 is 2.10 bits per heavy atom. The van der Waals surface area contributed by atoms with E-state index < -0.39 is 0 Å². The monoisotopic (exact) mass is 272 g/mol. The molecule has 2 N–H and O–H groups in total. The molecule has 1 amide bonds. The molecule has 1 saturated carbocycles. The molecular weight excluding hydrogens is 252 g/mol. The minimum atomic E-state index is 0.00477. The molecule has 1 aliphatic carbocycles. The van der Waals surface area contributed by atoms with Gasteiger partial charge in [0.1, 0.15) is 5.75 Å². The molecule has 0 aliphatic heterocycles. The number of rotatable bonds is 3. The predicted octanol–water partition coefficient (Wildman–Crippen LogP) is 3.16. The Morgan fingerprint density at radius 3 is 2.80 bits per heavy atom. The highest BCUT2D eigenvalue weighted by atomic mass is 16.5. The number of aromatic nitrogens is 1. The Labute approximate surface area is 118 Å². The molecule has 0 saturated heterocycles. The number of ether oxygens (including phenoxy) is 1. The van der Waals surface area contributed by atoms with Gasteiger partial charge in [-0.2, -0.15) is 0 Å². The summed E-state index contributed by atoms with van der Waals surface area (Å²) in [5.41, 5.74) is 2.54. The zero-order valence-corrected chi connectivity index (χ0v) is 12.0. The van der Waals surface area contributed by atoms with Crippen molar-refractivity contribution in [3.63, 3.8) is 0 Å². The van der Waals surface area contributed by atoms with Gasteiger partial charge >= 0.3 is 0 Å². The van der Waals surface area contributed by atoms with E-state index >= 15 is 0 Å². The van der Waals surface area contributed by atoms with E-state index in [1.165, 1.54) is 12.8 Å². The van der Waals surface area contributed by atoms with Crippen molar-refractivity contribution in [2.75, 3.05) is 7.11 Å². The molecule has 1 aromatic heterocycles. The van der Waals surface area contributed by atoms with Gasteiger partial charge in [-0.1, -0.05) is 18.9 Å². The Kier molecular flexibility index (Phi) is 3.38. The largest absolute Gasteiger partial charge is 0.496 e. The van der Waals surface area contributed by atoms with Crippen LogP contribution in [0.3, 0.4) is 0 Å². The van der Waals surface area contributed by atoms with Crippen LogP contribution >= 0.6 is 0 Å². The molecule has 1 aromatic carbocycles. The number of carbonyl (C=O) groups is 1. The van der Waals surface area contributed by atoms with Gasteiger partial charge in [0, 0.05) is 11.7 Å². The van der Waals surface area contributed by atoms with Crippen molar-refractivity contribution in [2.24, 2.45) is 0 Å². The summed E-state index contributed by atoms with van der Waals surface area (Å²) in [6.07, 6.45) is 4.59. The first-order chi connectivity index (χ1) is 9.70. The highest BCUT2D eigenvalue weighted by Crippen LogP contribution is 2.31. The van der Waals surface area contributed by atoms with Gasteiger partial charge in [0.15, 0.2) is 0 Å². The lowest BCUT2D eigenvalue weighted by Crippen LogP contribution is -2.32. The van der Waals surface area contributed by atoms with Crippen molar-refractivity contribution >= 4 is 16.8 Å². The average Bonchev–Trinajstić information content (AvgIpc) is 3.04. The molecule has 1 fully saturated rings. The fourth-order valence-corrected chi connectivity index (χ4v) is 3.13. The fraction of sp³-hybridized carbons (Fsp3) is 0.438. The molecule has 0 bridgehead atoms. The van der Waals surface area contributed by atoms with Gasteiger partial charge in [0.25, 0.3) is 5.91 Å². The molecule has 0 unspecified atom stereocenters. The van der Waals surface area contributed by atoms with Crippen molar-refractivity contribution in [3.8, 4) is 5.75 Å². The van der Waals surface area contributed by atoms with E-state index in [4.69, 9.17) is 4.74 Å². The molecule has 0 atom stereocenters. The summed E-state index contributed by atoms with van der Waals surface area (Å²) in [6, 6.07) is 6.11. The lowest BCUT2D eigenvalue weighted by molar-refractivity contribution is 0.0939. The van der Waals surface area contributed by atoms with Gasteiger partial charge in [-0.3, -0.25) is 4.79 Å². The minimum absolute atomic E-state index is 0.00477. The molecule has 4 nitrogen and oxygen atoms in total. The summed E-state index contributed by atoms with van der Waals surface area (Å²) in [6.45, 7) is 1.93. The van der Waals surface area contributed by atoms with Gasteiger partial charge in [-0.15, -0.1) is 0 Å². The second-order valence-corrected chi connectivity index (χ2v) is 5.46. The number of aromatic amines is 1. The second kappa shape index (κ2) is 5.19. The van der Waals surface area contributed by atoms with Crippen LogP contribution in [0.25, 0.3) is 10.9 Å². The van der Waals surface area contributed by atoms with Gasteiger partial charge in [-0.25, -0.2) is 0 Å². The lowest BCUT2D eigenvalue weighted by Gasteiger charge is -2.12. The number of H-pyrrole nitrogens is 1. The van der Waals surface area contributed by atoms with Crippen LogP contribution in [0.5, 0.6) is 5.75 Å². The smallest absolute Gasteiger partial charge is 0.254 e. The maximum Gasteiger partial charge on any atom is 0.254 e. The van der Waals surface area contributed by atoms with E-state index in [0.717, 1.165) is 35.2 Å². The van der Waals surface area contributed by atoms with Crippen molar-refractivity contribution in [3.05, 3.63) is 29.5 Å². The normalized spacial score (nSPS) is 15.7. The van der Waals surface area contributed by atoms with Crippen LogP contribution in [0.4, 0.5) is 0 Å². The summed E-state index contributed by atoms with van der Waals surface area (Å²) in [7, 11) is 1.63. The molecule has 106 valence electrons. The van der Waals surface area contributed by atoms with E-state index in [1.807, 2.05) is 25.1 Å². The summed E-state index contributed by atoms with van der Waals surface area (Å²) in [4.78, 5) is 15.8. The van der Waals surface area contributed by atoms with E-state index in [2.05, 4.69) is 10.3 Å². The summed E-state index contributed by atoms with van der Waals surface area (Å²) < 4.78 is 5.40. The standard InChI is InChI=1S/C16H20N2O2/c1-10-14(16(19)18-11-6-3-4-7-11)15-12(17-10)8-5-9-13(15)20-2/h5,8-9,11,17H,3-4,6-7H2,1-2H3,(H,18,19). The van der Waals surface area contributed by atoms with Crippen molar-refractivity contribution < 1.29 is 9.53 Å². The summed E-state index contributed by atoms with van der Waals surface area (Å²) in [5.74, 6) is 0.744. The van der Waals surface area contributed by atoms with Crippen LogP contribution in [0, 0.1) is 6.92 Å². The third-order valence-corrected chi connectivity index (χ3v) is 4.11. The topological polar surface area (TPSA) is 54.1 Å². The molecule has 20 heavy (non-hydrogen) atoms. The third kappa shape index (κ3) is 2.15. The molecule has 0 radical (unpaired) electrons. The van der Waals surface area contributed by atoms with Crippen molar-refractivity contribution in [1.82, 2.24) is 10.3 Å². The van der Waals surface area contributed by atoms with Crippen LogP contribution in [0.1, 0.15) is 41.7 Å². The number of hydrogen-bond acceptors (Lipinski definition) is 2. The van der Waals surface area contributed by atoms with Gasteiger partial charge < -0.3 is 15.0 Å². The maximum atomic E-state index is 12.6. The van der Waals surface area contributed by atoms with Gasteiger partial charge in [-0.05, 0) is 31.9 Å². The fourth-order valence-electron chi connectivity index (χ4n) is 3.13. The Morgan fingerprint density at radius 1 is 1.35 bits per heavy atom. The Hall–Kier alpha value is -1.97. The van der Waals surface area contributed by atoms with Crippen LogP contribution in [0.15, 0.2) is 18.2 Å². The van der Waals surface area contributed by atoms with Crippen LogP contribution < -0.4 is 10.1 Å². The summed E-state index contributed by atoms with van der Waals surface area (Å²) in [5, 5.41) is 4.03. The number of nitrogens with one attached hydrogen (secondary N) is 2. The molecule has 4 heteroatoms. The van der Waals surface area contributed by atoms with Gasteiger partial charge in [0.05, 0.1) is 23.6 Å². The van der Waals surface area contributed by atoms with Crippen molar-refractivity contribution in [1.29, 1.82) is 0 Å². The van der Waals surface area contributed by atoms with Crippen LogP contribution in [-0.4, -0.2) is 24.0 Å². The number of carbonyl (C=O) groups excluding carboxylic acids is 1. The van der Waals surface area contributed by atoms with Gasteiger partial charge in [0.2, 0.25) is 0 Å². The predicted molar refractivity (Wildman–Crippen MR) is 79.3 cm³/mol. The molecule has 2 aromatic rings. The van der Waals surface area contributed by atoms with E-state index in [1.54, 1.807) is 7.11 Å². The zero-order chi connectivity index (χ0) is 14.1. The Bertz CT molecular complexity index is 639. The Balaban J connectivity index is 2.01. The van der Waals surface area contributed by atoms with E-state index in [9.17, 15) is 4.79 Å². The highest BCUT2D eigenvalue weighted by Gasteiger charge is 2.23. The molecule has 3 rings (SSSR count). The SMILES string of the molecule is COc1cccc2[nH]c(C)c(C(=O)NC3CCCC3)c12. The number of amides is 1. The average molecular weight is 272 g/mol. The quantitative estimate of drug-likeness (QED) is 0.901. The summed E-state index contributed by atoms with van der Waals surface area (Å²) >= 11 is 0. The first kappa shape index (κ1) is 13.0. The number of benzene rings is 1. The zero-order valence-electron chi connectivity index (χ0n) is 12.0. The number of fused-ring (bicyclic) bond motifs is 1. The first-order valence-corrected chi connectivity index (χ1v) is 7.17. The van der Waals surface area contributed by atoms with Crippen molar-refractivity contribution in [2.45, 2.75) is 38.6 Å². The molecule has 1 aliphatic rings. The minimum Gasteiger partial charge on any atom is -0.496 e.